The molecule has 1 saturated heterocycles. The van der Waals surface area contributed by atoms with Crippen molar-refractivity contribution in [3.63, 3.8) is 0 Å². The predicted octanol–water partition coefficient (Wildman–Crippen LogP) is 3.89. The third-order valence-corrected chi connectivity index (χ3v) is 6.77. The molecule has 2 aliphatic rings. The highest BCUT2D eigenvalue weighted by molar-refractivity contribution is 7.17. The van der Waals surface area contributed by atoms with Crippen molar-refractivity contribution in [2.75, 3.05) is 19.6 Å². The van der Waals surface area contributed by atoms with Crippen LogP contribution >= 0.6 is 11.3 Å². The molecule has 1 N–H and O–H groups in total. The molecule has 2 heterocycles. The highest BCUT2D eigenvalue weighted by Crippen LogP contribution is 2.40. The van der Waals surface area contributed by atoms with E-state index in [9.17, 15) is 9.59 Å². The van der Waals surface area contributed by atoms with E-state index in [-0.39, 0.29) is 17.7 Å². The fourth-order valence-electron chi connectivity index (χ4n) is 4.10. The van der Waals surface area contributed by atoms with E-state index in [0.29, 0.717) is 13.1 Å². The monoisotopic (exact) mass is 382 g/mol. The molecule has 1 atom stereocenters. The average Bonchev–Trinajstić information content (AvgIpc) is 3.16. The second-order valence-electron chi connectivity index (χ2n) is 7.50. The summed E-state index contributed by atoms with van der Waals surface area (Å²) >= 11 is 1.61. The number of aryl methyl sites for hydroxylation is 2. The van der Waals surface area contributed by atoms with E-state index in [2.05, 4.69) is 35.6 Å². The zero-order valence-electron chi connectivity index (χ0n) is 15.8. The van der Waals surface area contributed by atoms with Gasteiger partial charge in [-0.15, -0.1) is 11.3 Å². The zero-order chi connectivity index (χ0) is 18.8. The van der Waals surface area contributed by atoms with E-state index in [0.717, 1.165) is 43.5 Å². The van der Waals surface area contributed by atoms with Gasteiger partial charge < -0.3 is 10.2 Å². The molecule has 1 aromatic heterocycles. The van der Waals surface area contributed by atoms with Gasteiger partial charge in [0.1, 0.15) is 0 Å². The van der Waals surface area contributed by atoms with Crippen LogP contribution in [0, 0.1) is 5.92 Å². The number of rotatable bonds is 4. The molecular weight excluding hydrogens is 356 g/mol. The summed E-state index contributed by atoms with van der Waals surface area (Å²) in [6.07, 6.45) is 4.73. The number of amides is 2. The number of hydrogen-bond donors (Lipinski definition) is 1. The van der Waals surface area contributed by atoms with Crippen LogP contribution < -0.4 is 5.32 Å². The van der Waals surface area contributed by atoms with Crippen LogP contribution in [0.4, 0.5) is 0 Å². The number of benzene rings is 1. The minimum Gasteiger partial charge on any atom is -0.356 e. The Morgan fingerprint density at radius 1 is 1.22 bits per heavy atom. The molecule has 4 nitrogen and oxygen atoms in total. The van der Waals surface area contributed by atoms with Crippen molar-refractivity contribution in [2.45, 2.75) is 39.0 Å². The first-order chi connectivity index (χ1) is 13.2. The Balaban J connectivity index is 1.51. The lowest BCUT2D eigenvalue weighted by Crippen LogP contribution is -2.45. The second-order valence-corrected chi connectivity index (χ2v) is 8.56. The van der Waals surface area contributed by atoms with Crippen molar-refractivity contribution in [3.8, 4) is 10.4 Å². The summed E-state index contributed by atoms with van der Waals surface area (Å²) in [6.45, 7) is 4.04. The molecule has 27 heavy (non-hydrogen) atoms. The van der Waals surface area contributed by atoms with Gasteiger partial charge in [-0.1, -0.05) is 31.2 Å². The van der Waals surface area contributed by atoms with Crippen LogP contribution in [0.3, 0.4) is 0 Å². The van der Waals surface area contributed by atoms with Gasteiger partial charge in [0.05, 0.1) is 10.8 Å². The summed E-state index contributed by atoms with van der Waals surface area (Å²) in [5.74, 6) is 0.0955. The fourth-order valence-corrected chi connectivity index (χ4v) is 5.34. The summed E-state index contributed by atoms with van der Waals surface area (Å²) in [6, 6.07) is 10.6. The van der Waals surface area contributed by atoms with E-state index < -0.39 is 0 Å². The Bertz CT molecular complexity index is 858. The number of hydrogen-bond acceptors (Lipinski definition) is 3. The lowest BCUT2D eigenvalue weighted by molar-refractivity contribution is -0.126. The van der Waals surface area contributed by atoms with Crippen LogP contribution in [0.5, 0.6) is 0 Å². The molecule has 1 unspecified atom stereocenters. The van der Waals surface area contributed by atoms with Gasteiger partial charge in [0, 0.05) is 24.5 Å². The molecule has 1 aliphatic heterocycles. The van der Waals surface area contributed by atoms with Crippen LogP contribution in [0.25, 0.3) is 10.4 Å². The Hall–Kier alpha value is -2.14. The number of piperidine rings is 1. The minimum absolute atomic E-state index is 0.0791. The SMILES string of the molecule is CCCNC(=O)C1CCCN(C(=O)c2cc3c(s2)-c2ccccc2CC3)C1. The Kier molecular flexibility index (Phi) is 5.30. The van der Waals surface area contributed by atoms with E-state index in [1.807, 2.05) is 11.8 Å². The van der Waals surface area contributed by atoms with Gasteiger partial charge in [0.15, 0.2) is 0 Å². The average molecular weight is 383 g/mol. The summed E-state index contributed by atoms with van der Waals surface area (Å²) in [4.78, 5) is 29.4. The zero-order valence-corrected chi connectivity index (χ0v) is 16.6. The molecule has 0 radical (unpaired) electrons. The normalized spacial score (nSPS) is 18.6. The number of fused-ring (bicyclic) bond motifs is 3. The molecule has 1 aromatic carbocycles. The number of thiophene rings is 1. The molecule has 5 heteroatoms. The van der Waals surface area contributed by atoms with Crippen LogP contribution in [-0.2, 0) is 17.6 Å². The van der Waals surface area contributed by atoms with Gasteiger partial charge in [-0.25, -0.2) is 0 Å². The van der Waals surface area contributed by atoms with E-state index in [4.69, 9.17) is 0 Å². The van der Waals surface area contributed by atoms with Crippen molar-refractivity contribution in [2.24, 2.45) is 5.92 Å². The minimum atomic E-state index is -0.0791. The third kappa shape index (κ3) is 3.65. The van der Waals surface area contributed by atoms with Gasteiger partial charge in [-0.2, -0.15) is 0 Å². The highest BCUT2D eigenvalue weighted by Gasteiger charge is 2.30. The number of carbonyl (C=O) groups is 2. The first-order valence-electron chi connectivity index (χ1n) is 9.95. The maximum atomic E-state index is 13.1. The lowest BCUT2D eigenvalue weighted by Gasteiger charge is -2.31. The summed E-state index contributed by atoms with van der Waals surface area (Å²) < 4.78 is 0. The Morgan fingerprint density at radius 2 is 2.04 bits per heavy atom. The first-order valence-corrected chi connectivity index (χ1v) is 10.8. The predicted molar refractivity (Wildman–Crippen MR) is 109 cm³/mol. The summed E-state index contributed by atoms with van der Waals surface area (Å²) in [5.41, 5.74) is 3.94. The van der Waals surface area contributed by atoms with Crippen molar-refractivity contribution in [1.29, 1.82) is 0 Å². The van der Waals surface area contributed by atoms with Gasteiger partial charge in [0.2, 0.25) is 5.91 Å². The van der Waals surface area contributed by atoms with Gasteiger partial charge >= 0.3 is 0 Å². The van der Waals surface area contributed by atoms with Crippen LogP contribution in [-0.4, -0.2) is 36.3 Å². The fraction of sp³-hybridized carbons (Fsp3) is 0.455. The number of carbonyl (C=O) groups excluding carboxylic acids is 2. The Morgan fingerprint density at radius 3 is 2.89 bits per heavy atom. The second kappa shape index (κ2) is 7.85. The van der Waals surface area contributed by atoms with Crippen LogP contribution in [0.2, 0.25) is 0 Å². The van der Waals surface area contributed by atoms with Gasteiger partial charge in [-0.05, 0) is 54.9 Å². The maximum Gasteiger partial charge on any atom is 0.263 e. The highest BCUT2D eigenvalue weighted by atomic mass is 32.1. The van der Waals surface area contributed by atoms with Crippen molar-refractivity contribution >= 4 is 23.2 Å². The van der Waals surface area contributed by atoms with Crippen LogP contribution in [0.1, 0.15) is 47.0 Å². The van der Waals surface area contributed by atoms with E-state index in [1.54, 1.807) is 11.3 Å². The largest absolute Gasteiger partial charge is 0.356 e. The van der Waals surface area contributed by atoms with Gasteiger partial charge in [0.25, 0.3) is 5.91 Å². The molecule has 0 saturated carbocycles. The first kappa shape index (κ1) is 18.2. The van der Waals surface area contributed by atoms with Crippen molar-refractivity contribution < 1.29 is 9.59 Å². The molecule has 0 spiro atoms. The molecule has 1 fully saturated rings. The smallest absolute Gasteiger partial charge is 0.263 e. The van der Waals surface area contributed by atoms with Crippen molar-refractivity contribution in [3.05, 3.63) is 46.3 Å². The van der Waals surface area contributed by atoms with E-state index in [1.165, 1.54) is 21.6 Å². The number of nitrogens with one attached hydrogen (secondary N) is 1. The lowest BCUT2D eigenvalue weighted by atomic mass is 9.91. The molecular formula is C22H26N2O2S. The quantitative estimate of drug-likeness (QED) is 0.872. The summed E-state index contributed by atoms with van der Waals surface area (Å²) in [5, 5.41) is 2.98. The molecule has 4 rings (SSSR count). The number of nitrogens with zero attached hydrogens (tertiary/aromatic N) is 1. The van der Waals surface area contributed by atoms with E-state index >= 15 is 0 Å². The van der Waals surface area contributed by atoms with Gasteiger partial charge in [-0.3, -0.25) is 9.59 Å². The Labute approximate surface area is 164 Å². The number of likely N-dealkylation sites (tertiary alicyclic amines) is 1. The molecule has 142 valence electrons. The molecule has 2 amide bonds. The standard InChI is InChI=1S/C22H26N2O2S/c1-2-11-23-21(25)17-7-5-12-24(14-17)22(26)19-13-16-10-9-15-6-3-4-8-18(15)20(16)27-19/h3-4,6,8,13,17H,2,5,7,9-12,14H2,1H3,(H,23,25). The topological polar surface area (TPSA) is 49.4 Å². The maximum absolute atomic E-state index is 13.1. The summed E-state index contributed by atoms with van der Waals surface area (Å²) in [7, 11) is 0. The molecule has 1 aliphatic carbocycles. The van der Waals surface area contributed by atoms with Crippen LogP contribution in [0.15, 0.2) is 30.3 Å². The molecule has 2 aromatic rings. The van der Waals surface area contributed by atoms with Crippen molar-refractivity contribution in [1.82, 2.24) is 10.2 Å². The molecule has 0 bridgehead atoms. The third-order valence-electron chi connectivity index (χ3n) is 5.57.